The van der Waals surface area contributed by atoms with Gasteiger partial charge in [-0.05, 0) is 25.5 Å². The first-order valence-corrected chi connectivity index (χ1v) is 8.78. The Bertz CT molecular complexity index is 476. The minimum atomic E-state index is -5.88. The number of esters is 1. The number of hydrogen-bond acceptors (Lipinski definition) is 5. The number of thioether (sulfide) groups is 1. The fourth-order valence-electron chi connectivity index (χ4n) is 1.82. The number of alkyl halides is 3. The summed E-state index contributed by atoms with van der Waals surface area (Å²) in [6.45, 7) is 2.19. The Morgan fingerprint density at radius 3 is 2.43 bits per heavy atom. The van der Waals surface area contributed by atoms with E-state index in [1.807, 2.05) is 0 Å². The van der Waals surface area contributed by atoms with Gasteiger partial charge in [0.05, 0.1) is 0 Å². The lowest BCUT2D eigenvalue weighted by molar-refractivity contribution is -0.153. The average molecular weight is 350 g/mol. The molecule has 1 saturated heterocycles. The van der Waals surface area contributed by atoms with E-state index < -0.39 is 44.8 Å². The Kier molecular flexibility index (Phi) is 5.96. The molecule has 0 bridgehead atoms. The van der Waals surface area contributed by atoms with Crippen molar-refractivity contribution in [2.24, 2.45) is 5.92 Å². The van der Waals surface area contributed by atoms with Crippen LogP contribution in [-0.4, -0.2) is 47.5 Å². The minimum Gasteiger partial charge on any atom is -0.461 e. The van der Waals surface area contributed by atoms with E-state index in [1.54, 1.807) is 0 Å². The molecule has 1 N–H and O–H groups in total. The smallest absolute Gasteiger partial charge is 0.400 e. The van der Waals surface area contributed by atoms with E-state index in [0.29, 0.717) is 6.42 Å². The maximum absolute atomic E-state index is 13.7. The molecule has 1 heterocycles. The predicted molar refractivity (Wildman–Crippen MR) is 71.6 cm³/mol. The highest BCUT2D eigenvalue weighted by Gasteiger charge is 2.55. The van der Waals surface area contributed by atoms with Gasteiger partial charge in [0.2, 0.25) is 0 Å². The van der Waals surface area contributed by atoms with Gasteiger partial charge in [0.15, 0.2) is 6.17 Å². The summed E-state index contributed by atoms with van der Waals surface area (Å²) in [7, 11) is -5.88. The second-order valence-corrected chi connectivity index (χ2v) is 7.75. The van der Waals surface area contributed by atoms with Gasteiger partial charge < -0.3 is 4.74 Å². The molecule has 4 unspecified atom stereocenters. The van der Waals surface area contributed by atoms with Crippen LogP contribution >= 0.6 is 11.8 Å². The Morgan fingerprint density at radius 1 is 1.43 bits per heavy atom. The quantitative estimate of drug-likeness (QED) is 0.585. The highest BCUT2D eigenvalue weighted by Crippen LogP contribution is 2.34. The summed E-state index contributed by atoms with van der Waals surface area (Å²) in [6.07, 6.45) is -3.00. The lowest BCUT2D eigenvalue weighted by atomic mass is 10.0. The first kappa shape index (κ1) is 18.6. The minimum absolute atomic E-state index is 0.403. The van der Waals surface area contributed by atoms with E-state index in [1.165, 1.54) is 18.7 Å². The molecular formula is C11H17F3O5S2. The maximum Gasteiger partial charge on any atom is 0.400 e. The van der Waals surface area contributed by atoms with Crippen LogP contribution in [0.2, 0.25) is 0 Å². The largest absolute Gasteiger partial charge is 0.461 e. The molecule has 1 fully saturated rings. The first-order chi connectivity index (χ1) is 9.48. The Labute approximate surface area is 125 Å². The van der Waals surface area contributed by atoms with E-state index in [2.05, 4.69) is 0 Å². The highest BCUT2D eigenvalue weighted by molar-refractivity contribution is 8.00. The Hall–Kier alpha value is -0.480. The molecule has 1 aliphatic rings. The third-order valence-electron chi connectivity index (χ3n) is 3.36. The lowest BCUT2D eigenvalue weighted by Crippen LogP contribution is -2.45. The second-order valence-electron chi connectivity index (χ2n) is 4.94. The molecule has 0 aliphatic carbocycles. The average Bonchev–Trinajstić information content (AvgIpc) is 2.89. The lowest BCUT2D eigenvalue weighted by Gasteiger charge is -2.27. The Balaban J connectivity index is 2.69. The maximum atomic E-state index is 13.7. The summed E-state index contributed by atoms with van der Waals surface area (Å²) in [5.74, 6) is -1.44. The van der Waals surface area contributed by atoms with Gasteiger partial charge in [-0.3, -0.25) is 9.35 Å². The second kappa shape index (κ2) is 6.74. The summed E-state index contributed by atoms with van der Waals surface area (Å²) < 4.78 is 74.4. The fourth-order valence-corrected chi connectivity index (χ4v) is 3.46. The zero-order valence-electron chi connectivity index (χ0n) is 11.5. The van der Waals surface area contributed by atoms with Crippen molar-refractivity contribution in [2.45, 2.75) is 49.5 Å². The summed E-state index contributed by atoms with van der Waals surface area (Å²) in [6, 6.07) is 0. The molecule has 1 aliphatic heterocycles. The molecule has 10 heteroatoms. The molecule has 0 radical (unpaired) electrons. The van der Waals surface area contributed by atoms with Crippen LogP contribution in [0.15, 0.2) is 0 Å². The van der Waals surface area contributed by atoms with Gasteiger partial charge in [-0.25, -0.2) is 4.39 Å². The topological polar surface area (TPSA) is 80.7 Å². The number of halogens is 3. The fraction of sp³-hybridized carbons (Fsp3) is 0.909. The van der Waals surface area contributed by atoms with Crippen molar-refractivity contribution in [3.05, 3.63) is 0 Å². The Morgan fingerprint density at radius 2 is 2.00 bits per heavy atom. The van der Waals surface area contributed by atoms with Crippen LogP contribution in [0.5, 0.6) is 0 Å². The SMILES string of the molecule is CC(OC(=O)C1CCCS1)C(C)C(F)C(F)(F)S(=O)(=O)O. The summed E-state index contributed by atoms with van der Waals surface area (Å²) in [5.41, 5.74) is 0. The van der Waals surface area contributed by atoms with Crippen LogP contribution in [0.4, 0.5) is 13.2 Å². The van der Waals surface area contributed by atoms with Crippen molar-refractivity contribution < 1.29 is 35.7 Å². The molecule has 4 atom stereocenters. The van der Waals surface area contributed by atoms with Crippen LogP contribution in [0.25, 0.3) is 0 Å². The zero-order chi connectivity index (χ0) is 16.4. The van der Waals surface area contributed by atoms with E-state index >= 15 is 0 Å². The molecule has 21 heavy (non-hydrogen) atoms. The van der Waals surface area contributed by atoms with Crippen molar-refractivity contribution in [2.75, 3.05) is 5.75 Å². The van der Waals surface area contributed by atoms with Crippen LogP contribution in [0, 0.1) is 5.92 Å². The van der Waals surface area contributed by atoms with Crippen molar-refractivity contribution in [1.29, 1.82) is 0 Å². The van der Waals surface area contributed by atoms with Gasteiger partial charge in [-0.15, -0.1) is 11.8 Å². The van der Waals surface area contributed by atoms with Gasteiger partial charge in [0, 0.05) is 5.92 Å². The molecule has 124 valence electrons. The predicted octanol–water partition coefficient (Wildman–Crippen LogP) is 2.27. The molecule has 0 aromatic rings. The van der Waals surface area contributed by atoms with Crippen molar-refractivity contribution in [3.8, 4) is 0 Å². The number of rotatable bonds is 6. The highest BCUT2D eigenvalue weighted by atomic mass is 32.2. The van der Waals surface area contributed by atoms with Gasteiger partial charge in [-0.1, -0.05) is 6.92 Å². The molecule has 0 aromatic heterocycles. The van der Waals surface area contributed by atoms with E-state index in [4.69, 9.17) is 9.29 Å². The summed E-state index contributed by atoms with van der Waals surface area (Å²) in [5, 5.41) is -5.35. The molecule has 5 nitrogen and oxygen atoms in total. The van der Waals surface area contributed by atoms with Gasteiger partial charge in [0.1, 0.15) is 11.4 Å². The van der Waals surface area contributed by atoms with E-state index in [9.17, 15) is 26.4 Å². The monoisotopic (exact) mass is 350 g/mol. The number of ether oxygens (including phenoxy) is 1. The van der Waals surface area contributed by atoms with Crippen LogP contribution in [-0.2, 0) is 19.6 Å². The number of hydrogen-bond donors (Lipinski definition) is 1. The van der Waals surface area contributed by atoms with Crippen LogP contribution < -0.4 is 0 Å². The summed E-state index contributed by atoms with van der Waals surface area (Å²) >= 11 is 1.37. The standard InChI is InChI=1S/C11H17F3O5S2/c1-6(9(12)11(13,14)21(16,17)18)7(2)19-10(15)8-4-3-5-20-8/h6-9H,3-5H2,1-2H3,(H,16,17,18). The van der Waals surface area contributed by atoms with Gasteiger partial charge in [-0.2, -0.15) is 17.2 Å². The molecule has 0 amide bonds. The van der Waals surface area contributed by atoms with Crippen LogP contribution in [0.1, 0.15) is 26.7 Å². The van der Waals surface area contributed by atoms with E-state index in [0.717, 1.165) is 19.1 Å². The number of carbonyl (C=O) groups excluding carboxylic acids is 1. The van der Waals surface area contributed by atoms with Crippen LogP contribution in [0.3, 0.4) is 0 Å². The normalized spacial score (nSPS) is 24.4. The molecule has 1 rings (SSSR count). The van der Waals surface area contributed by atoms with Gasteiger partial charge in [0.25, 0.3) is 0 Å². The van der Waals surface area contributed by atoms with E-state index in [-0.39, 0.29) is 0 Å². The molecule has 0 saturated carbocycles. The summed E-state index contributed by atoms with van der Waals surface area (Å²) in [4.78, 5) is 11.7. The molecular weight excluding hydrogens is 333 g/mol. The number of carbonyl (C=O) groups is 1. The first-order valence-electron chi connectivity index (χ1n) is 6.29. The molecule has 0 aromatic carbocycles. The molecule has 0 spiro atoms. The third-order valence-corrected chi connectivity index (χ3v) is 5.63. The third kappa shape index (κ3) is 4.26. The van der Waals surface area contributed by atoms with Gasteiger partial charge >= 0.3 is 21.3 Å². The zero-order valence-corrected chi connectivity index (χ0v) is 13.1. The van der Waals surface area contributed by atoms with Crippen molar-refractivity contribution in [1.82, 2.24) is 0 Å². The van der Waals surface area contributed by atoms with Crippen molar-refractivity contribution >= 4 is 27.8 Å². The van der Waals surface area contributed by atoms with Crippen molar-refractivity contribution in [3.63, 3.8) is 0 Å².